The van der Waals surface area contributed by atoms with Crippen LogP contribution in [-0.4, -0.2) is 43.8 Å². The number of ketones is 1. The fraction of sp³-hybridized carbons (Fsp3) is 0.923. The maximum atomic E-state index is 12.4. The summed E-state index contributed by atoms with van der Waals surface area (Å²) in [7, 11) is 0. The van der Waals surface area contributed by atoms with E-state index in [-0.39, 0.29) is 17.6 Å². The van der Waals surface area contributed by atoms with E-state index in [4.69, 9.17) is 9.47 Å². The molecule has 0 aliphatic carbocycles. The van der Waals surface area contributed by atoms with Crippen molar-refractivity contribution in [3.05, 3.63) is 0 Å². The average Bonchev–Trinajstić information content (AvgIpc) is 3.00. The minimum Gasteiger partial charge on any atom is -0.378 e. The molecule has 3 rings (SSSR count). The molecule has 96 valence electrons. The van der Waals surface area contributed by atoms with Gasteiger partial charge in [-0.2, -0.15) is 0 Å². The Morgan fingerprint density at radius 2 is 2.24 bits per heavy atom. The Labute approximate surface area is 102 Å². The van der Waals surface area contributed by atoms with E-state index in [0.29, 0.717) is 19.0 Å². The fourth-order valence-corrected chi connectivity index (χ4v) is 3.35. The van der Waals surface area contributed by atoms with Crippen LogP contribution in [0.15, 0.2) is 0 Å². The van der Waals surface area contributed by atoms with E-state index in [2.05, 4.69) is 5.32 Å². The standard InChI is InChI=1S/C13H21NO3/c15-12(11-2-1-5-14-11)10-3-6-17-13(8-10)4-7-16-9-13/h10-11,14H,1-9H2. The van der Waals surface area contributed by atoms with Gasteiger partial charge in [0.1, 0.15) is 0 Å². The van der Waals surface area contributed by atoms with Gasteiger partial charge in [0.05, 0.1) is 18.2 Å². The monoisotopic (exact) mass is 239 g/mol. The van der Waals surface area contributed by atoms with Crippen LogP contribution in [0.3, 0.4) is 0 Å². The first-order valence-electron chi connectivity index (χ1n) is 6.78. The molecule has 0 amide bonds. The van der Waals surface area contributed by atoms with Gasteiger partial charge in [0, 0.05) is 25.6 Å². The highest BCUT2D eigenvalue weighted by molar-refractivity contribution is 5.86. The molecule has 4 nitrogen and oxygen atoms in total. The Kier molecular flexibility index (Phi) is 3.19. The average molecular weight is 239 g/mol. The molecule has 0 radical (unpaired) electrons. The maximum absolute atomic E-state index is 12.4. The minimum absolute atomic E-state index is 0.109. The first kappa shape index (κ1) is 11.6. The van der Waals surface area contributed by atoms with Crippen molar-refractivity contribution in [3.8, 4) is 0 Å². The Hall–Kier alpha value is -0.450. The second-order valence-corrected chi connectivity index (χ2v) is 5.58. The number of hydrogen-bond donors (Lipinski definition) is 1. The van der Waals surface area contributed by atoms with Crippen molar-refractivity contribution in [1.29, 1.82) is 0 Å². The molecule has 3 unspecified atom stereocenters. The lowest BCUT2D eigenvalue weighted by molar-refractivity contribution is -0.138. The van der Waals surface area contributed by atoms with Crippen LogP contribution in [0, 0.1) is 5.92 Å². The number of Topliss-reactive ketones (excluding diaryl/α,β-unsaturated/α-hetero) is 1. The predicted octanol–water partition coefficient (Wildman–Crippen LogP) is 0.893. The van der Waals surface area contributed by atoms with Crippen molar-refractivity contribution in [1.82, 2.24) is 5.32 Å². The zero-order chi connectivity index (χ0) is 11.7. The zero-order valence-corrected chi connectivity index (χ0v) is 10.2. The molecular weight excluding hydrogens is 218 g/mol. The molecule has 3 atom stereocenters. The normalized spacial score (nSPS) is 42.1. The van der Waals surface area contributed by atoms with E-state index in [0.717, 1.165) is 45.3 Å². The zero-order valence-electron chi connectivity index (χ0n) is 10.2. The lowest BCUT2D eigenvalue weighted by Crippen LogP contribution is -2.46. The highest BCUT2D eigenvalue weighted by Crippen LogP contribution is 2.36. The third-order valence-corrected chi connectivity index (χ3v) is 4.37. The van der Waals surface area contributed by atoms with Gasteiger partial charge in [0.2, 0.25) is 0 Å². The van der Waals surface area contributed by atoms with Crippen LogP contribution in [0.4, 0.5) is 0 Å². The van der Waals surface area contributed by atoms with Crippen LogP contribution in [0.25, 0.3) is 0 Å². The van der Waals surface area contributed by atoms with Gasteiger partial charge in [-0.15, -0.1) is 0 Å². The van der Waals surface area contributed by atoms with Crippen LogP contribution >= 0.6 is 0 Å². The maximum Gasteiger partial charge on any atom is 0.153 e. The number of hydrogen-bond acceptors (Lipinski definition) is 4. The van der Waals surface area contributed by atoms with Crippen LogP contribution in [0.2, 0.25) is 0 Å². The van der Waals surface area contributed by atoms with Gasteiger partial charge in [0.25, 0.3) is 0 Å². The second kappa shape index (κ2) is 4.67. The van der Waals surface area contributed by atoms with Crippen LogP contribution in [0.1, 0.15) is 32.1 Å². The molecule has 3 fully saturated rings. The van der Waals surface area contributed by atoms with Crippen LogP contribution < -0.4 is 5.32 Å². The SMILES string of the molecule is O=C(C1CCOC2(CCOC2)C1)C1CCCN1. The number of rotatable bonds is 2. The number of carbonyl (C=O) groups excluding carboxylic acids is 1. The van der Waals surface area contributed by atoms with E-state index in [1.807, 2.05) is 0 Å². The Morgan fingerprint density at radius 1 is 1.29 bits per heavy atom. The summed E-state index contributed by atoms with van der Waals surface area (Å²) in [5.74, 6) is 0.595. The summed E-state index contributed by atoms with van der Waals surface area (Å²) in [5, 5.41) is 3.31. The highest BCUT2D eigenvalue weighted by Gasteiger charge is 2.44. The predicted molar refractivity (Wildman–Crippen MR) is 62.9 cm³/mol. The third kappa shape index (κ3) is 2.26. The van der Waals surface area contributed by atoms with Gasteiger partial charge in [-0.25, -0.2) is 0 Å². The molecule has 3 saturated heterocycles. The number of carbonyl (C=O) groups is 1. The Balaban J connectivity index is 1.64. The first-order valence-corrected chi connectivity index (χ1v) is 6.78. The van der Waals surface area contributed by atoms with E-state index >= 15 is 0 Å². The Morgan fingerprint density at radius 3 is 2.94 bits per heavy atom. The molecule has 0 aromatic heterocycles. The van der Waals surface area contributed by atoms with Gasteiger partial charge in [-0.05, 0) is 32.2 Å². The van der Waals surface area contributed by atoms with E-state index < -0.39 is 0 Å². The molecule has 17 heavy (non-hydrogen) atoms. The summed E-state index contributed by atoms with van der Waals surface area (Å²) >= 11 is 0. The number of nitrogens with one attached hydrogen (secondary N) is 1. The number of ether oxygens (including phenoxy) is 2. The lowest BCUT2D eigenvalue weighted by atomic mass is 9.81. The second-order valence-electron chi connectivity index (χ2n) is 5.58. The minimum atomic E-state index is -0.142. The molecule has 3 aliphatic heterocycles. The van der Waals surface area contributed by atoms with Crippen molar-refractivity contribution in [2.45, 2.75) is 43.7 Å². The molecule has 0 aromatic carbocycles. The van der Waals surface area contributed by atoms with E-state index in [1.165, 1.54) is 0 Å². The summed E-state index contributed by atoms with van der Waals surface area (Å²) in [6, 6.07) is 0.109. The van der Waals surface area contributed by atoms with Gasteiger partial charge in [0.15, 0.2) is 5.78 Å². The molecule has 3 heterocycles. The van der Waals surface area contributed by atoms with Gasteiger partial charge < -0.3 is 14.8 Å². The Bertz CT molecular complexity index is 293. The summed E-state index contributed by atoms with van der Waals surface area (Å²) in [6.07, 6.45) is 4.85. The molecule has 0 saturated carbocycles. The van der Waals surface area contributed by atoms with E-state index in [1.54, 1.807) is 0 Å². The fourth-order valence-electron chi connectivity index (χ4n) is 3.35. The molecular formula is C13H21NO3. The smallest absolute Gasteiger partial charge is 0.153 e. The van der Waals surface area contributed by atoms with Crippen molar-refractivity contribution in [3.63, 3.8) is 0 Å². The summed E-state index contributed by atoms with van der Waals surface area (Å²) in [6.45, 7) is 3.16. The molecule has 0 bridgehead atoms. The summed E-state index contributed by atoms with van der Waals surface area (Å²) in [5.41, 5.74) is -0.142. The first-order chi connectivity index (χ1) is 8.29. The lowest BCUT2D eigenvalue weighted by Gasteiger charge is -2.37. The van der Waals surface area contributed by atoms with E-state index in [9.17, 15) is 4.79 Å². The van der Waals surface area contributed by atoms with Crippen molar-refractivity contribution < 1.29 is 14.3 Å². The summed E-state index contributed by atoms with van der Waals surface area (Å²) in [4.78, 5) is 12.4. The molecule has 1 N–H and O–H groups in total. The topological polar surface area (TPSA) is 47.6 Å². The largest absolute Gasteiger partial charge is 0.378 e. The molecule has 1 spiro atoms. The van der Waals surface area contributed by atoms with Crippen molar-refractivity contribution in [2.75, 3.05) is 26.4 Å². The van der Waals surface area contributed by atoms with Gasteiger partial charge in [-0.1, -0.05) is 0 Å². The molecule has 4 heteroatoms. The van der Waals surface area contributed by atoms with Gasteiger partial charge >= 0.3 is 0 Å². The van der Waals surface area contributed by atoms with Crippen molar-refractivity contribution in [2.24, 2.45) is 5.92 Å². The quantitative estimate of drug-likeness (QED) is 0.777. The van der Waals surface area contributed by atoms with Gasteiger partial charge in [-0.3, -0.25) is 4.79 Å². The highest BCUT2D eigenvalue weighted by atomic mass is 16.6. The van der Waals surface area contributed by atoms with Crippen molar-refractivity contribution >= 4 is 5.78 Å². The molecule has 0 aromatic rings. The molecule has 3 aliphatic rings. The van der Waals surface area contributed by atoms with Crippen LogP contribution in [0.5, 0.6) is 0 Å². The third-order valence-electron chi connectivity index (χ3n) is 4.37. The summed E-state index contributed by atoms with van der Waals surface area (Å²) < 4.78 is 11.3. The van der Waals surface area contributed by atoms with Crippen LogP contribution in [-0.2, 0) is 14.3 Å².